The fraction of sp³-hybridized carbons (Fsp3) is 0.429. The molecule has 102 valence electrons. The predicted octanol–water partition coefficient (Wildman–Crippen LogP) is 3.93. The molecule has 19 heavy (non-hydrogen) atoms. The molecule has 0 saturated carbocycles. The summed E-state index contributed by atoms with van der Waals surface area (Å²) < 4.78 is 37.8. The Balaban J connectivity index is 3.14. The van der Waals surface area contributed by atoms with Crippen LogP contribution in [0.4, 0.5) is 13.2 Å². The minimum Gasteiger partial charge on any atom is -0.298 e. The highest BCUT2D eigenvalue weighted by atomic mass is 19.4. The maximum atomic E-state index is 12.6. The first-order chi connectivity index (χ1) is 8.81. The zero-order valence-corrected chi connectivity index (χ0v) is 10.7. The number of carbonyl (C=O) groups is 1. The van der Waals surface area contributed by atoms with E-state index in [2.05, 4.69) is 0 Å². The van der Waals surface area contributed by atoms with E-state index in [0.717, 1.165) is 12.1 Å². The van der Waals surface area contributed by atoms with Crippen LogP contribution in [-0.2, 0) is 11.0 Å². The van der Waals surface area contributed by atoms with Gasteiger partial charge in [0.25, 0.3) is 0 Å². The summed E-state index contributed by atoms with van der Waals surface area (Å²) in [6.45, 7) is 3.46. The van der Waals surface area contributed by atoms with Crippen molar-refractivity contribution in [1.82, 2.24) is 0 Å². The van der Waals surface area contributed by atoms with Gasteiger partial charge in [-0.1, -0.05) is 32.0 Å². The quantitative estimate of drug-likeness (QED) is 0.831. The molecule has 0 aliphatic heterocycles. The van der Waals surface area contributed by atoms with Crippen molar-refractivity contribution >= 4 is 5.78 Å². The van der Waals surface area contributed by atoms with E-state index in [-0.39, 0.29) is 17.3 Å². The summed E-state index contributed by atoms with van der Waals surface area (Å²) in [6.07, 6.45) is -3.93. The number of Topliss-reactive ketones (excluding diaryl/α,β-unsaturated/α-hetero) is 1. The second-order valence-electron chi connectivity index (χ2n) is 4.40. The Bertz CT molecular complexity index is 502. The smallest absolute Gasteiger partial charge is 0.298 e. The van der Waals surface area contributed by atoms with Crippen molar-refractivity contribution in [2.75, 3.05) is 0 Å². The summed E-state index contributed by atoms with van der Waals surface area (Å²) >= 11 is 0. The average molecular weight is 269 g/mol. The number of nitriles is 1. The van der Waals surface area contributed by atoms with Gasteiger partial charge in [0.05, 0.1) is 11.6 Å². The Morgan fingerprint density at radius 2 is 2.05 bits per heavy atom. The lowest BCUT2D eigenvalue weighted by Gasteiger charge is -2.15. The lowest BCUT2D eigenvalue weighted by Crippen LogP contribution is -2.19. The monoisotopic (exact) mass is 269 g/mol. The van der Waals surface area contributed by atoms with Crippen LogP contribution in [0.5, 0.6) is 0 Å². The first-order valence-electron chi connectivity index (χ1n) is 5.91. The van der Waals surface area contributed by atoms with Gasteiger partial charge in [0.15, 0.2) is 5.78 Å². The van der Waals surface area contributed by atoms with Crippen molar-refractivity contribution in [2.24, 2.45) is 5.92 Å². The SMILES string of the molecule is CCC(C)C(=O)C(C#N)c1cccc(C(F)(F)F)c1. The highest BCUT2D eigenvalue weighted by molar-refractivity contribution is 5.90. The molecule has 0 aromatic heterocycles. The predicted molar refractivity (Wildman–Crippen MR) is 64.3 cm³/mol. The maximum Gasteiger partial charge on any atom is 0.416 e. The largest absolute Gasteiger partial charge is 0.416 e. The molecule has 0 spiro atoms. The molecule has 5 heteroatoms. The second kappa shape index (κ2) is 5.87. The number of hydrogen-bond acceptors (Lipinski definition) is 2. The van der Waals surface area contributed by atoms with Gasteiger partial charge in [0.2, 0.25) is 0 Å². The molecule has 0 N–H and O–H groups in total. The Labute approximate surface area is 109 Å². The van der Waals surface area contributed by atoms with Crippen molar-refractivity contribution in [3.8, 4) is 6.07 Å². The molecule has 0 fully saturated rings. The molecule has 0 radical (unpaired) electrons. The van der Waals surface area contributed by atoms with Gasteiger partial charge >= 0.3 is 6.18 Å². The number of ketones is 1. The number of rotatable bonds is 4. The highest BCUT2D eigenvalue weighted by Gasteiger charge is 2.32. The van der Waals surface area contributed by atoms with E-state index in [1.807, 2.05) is 0 Å². The Morgan fingerprint density at radius 3 is 2.53 bits per heavy atom. The molecule has 2 nitrogen and oxygen atoms in total. The van der Waals surface area contributed by atoms with Crippen LogP contribution in [0.25, 0.3) is 0 Å². The summed E-state index contributed by atoms with van der Waals surface area (Å²) in [5, 5.41) is 9.04. The highest BCUT2D eigenvalue weighted by Crippen LogP contribution is 2.31. The first kappa shape index (κ1) is 15.2. The standard InChI is InChI=1S/C14H14F3NO/c1-3-9(2)13(19)12(8-18)10-5-4-6-11(7-10)14(15,16)17/h4-7,9,12H,3H2,1-2H3. The average Bonchev–Trinajstić information content (AvgIpc) is 2.38. The molecule has 2 unspecified atom stereocenters. The van der Waals surface area contributed by atoms with E-state index in [9.17, 15) is 18.0 Å². The summed E-state index contributed by atoms with van der Waals surface area (Å²) in [7, 11) is 0. The molecule has 2 atom stereocenters. The number of carbonyl (C=O) groups excluding carboxylic acids is 1. The minimum atomic E-state index is -4.48. The van der Waals surface area contributed by atoms with Gasteiger partial charge < -0.3 is 0 Å². The summed E-state index contributed by atoms with van der Waals surface area (Å²) in [5.41, 5.74) is -0.746. The third-order valence-electron chi connectivity index (χ3n) is 3.06. The van der Waals surface area contributed by atoms with Crippen molar-refractivity contribution < 1.29 is 18.0 Å². The fourth-order valence-corrected chi connectivity index (χ4v) is 1.68. The van der Waals surface area contributed by atoms with Crippen LogP contribution < -0.4 is 0 Å². The molecule has 1 aromatic carbocycles. The minimum absolute atomic E-state index is 0.0997. The zero-order chi connectivity index (χ0) is 14.6. The van der Waals surface area contributed by atoms with Gasteiger partial charge in [-0.15, -0.1) is 0 Å². The maximum absolute atomic E-state index is 12.6. The van der Waals surface area contributed by atoms with E-state index in [1.165, 1.54) is 12.1 Å². The van der Waals surface area contributed by atoms with Crippen LogP contribution in [0.3, 0.4) is 0 Å². The summed E-state index contributed by atoms with van der Waals surface area (Å²) in [5.74, 6) is -1.83. The van der Waals surface area contributed by atoms with Crippen molar-refractivity contribution in [1.29, 1.82) is 5.26 Å². The molecule has 0 bridgehead atoms. The molecular formula is C14H14F3NO. The van der Waals surface area contributed by atoms with Crippen LogP contribution in [0.1, 0.15) is 37.3 Å². The molecule has 0 saturated heterocycles. The van der Waals surface area contributed by atoms with Crippen LogP contribution in [0.2, 0.25) is 0 Å². The number of nitrogens with zero attached hydrogens (tertiary/aromatic N) is 1. The normalized spacial score (nSPS) is 14.5. The van der Waals surface area contributed by atoms with Crippen LogP contribution in [0.15, 0.2) is 24.3 Å². The van der Waals surface area contributed by atoms with Crippen molar-refractivity contribution in [3.05, 3.63) is 35.4 Å². The number of alkyl halides is 3. The second-order valence-corrected chi connectivity index (χ2v) is 4.40. The Morgan fingerprint density at radius 1 is 1.42 bits per heavy atom. The molecule has 0 heterocycles. The van der Waals surface area contributed by atoms with Gasteiger partial charge in [0.1, 0.15) is 5.92 Å². The zero-order valence-electron chi connectivity index (χ0n) is 10.7. The summed E-state index contributed by atoms with van der Waals surface area (Å²) in [6, 6.07) is 6.18. The van der Waals surface area contributed by atoms with E-state index in [1.54, 1.807) is 19.9 Å². The Hall–Kier alpha value is -1.83. The van der Waals surface area contributed by atoms with Crippen LogP contribution >= 0.6 is 0 Å². The molecule has 0 aliphatic carbocycles. The van der Waals surface area contributed by atoms with E-state index in [4.69, 9.17) is 5.26 Å². The topological polar surface area (TPSA) is 40.9 Å². The van der Waals surface area contributed by atoms with E-state index < -0.39 is 17.7 Å². The van der Waals surface area contributed by atoms with Crippen LogP contribution in [0, 0.1) is 17.2 Å². The van der Waals surface area contributed by atoms with Gasteiger partial charge in [-0.05, 0) is 18.1 Å². The van der Waals surface area contributed by atoms with Crippen molar-refractivity contribution in [2.45, 2.75) is 32.4 Å². The molecule has 0 amide bonds. The molecule has 0 aliphatic rings. The first-order valence-corrected chi connectivity index (χ1v) is 5.91. The third-order valence-corrected chi connectivity index (χ3v) is 3.06. The van der Waals surface area contributed by atoms with Gasteiger partial charge in [0, 0.05) is 5.92 Å². The number of hydrogen-bond donors (Lipinski definition) is 0. The van der Waals surface area contributed by atoms with Crippen LogP contribution in [-0.4, -0.2) is 5.78 Å². The lowest BCUT2D eigenvalue weighted by molar-refractivity contribution is -0.137. The van der Waals surface area contributed by atoms with Gasteiger partial charge in [-0.25, -0.2) is 0 Å². The molecule has 1 rings (SSSR count). The Kier molecular flexibility index (Phi) is 4.71. The lowest BCUT2D eigenvalue weighted by atomic mass is 9.87. The van der Waals surface area contributed by atoms with Gasteiger partial charge in [-0.2, -0.15) is 18.4 Å². The number of benzene rings is 1. The van der Waals surface area contributed by atoms with Crippen molar-refractivity contribution in [3.63, 3.8) is 0 Å². The van der Waals surface area contributed by atoms with E-state index in [0.29, 0.717) is 6.42 Å². The molecule has 1 aromatic rings. The third kappa shape index (κ3) is 3.57. The van der Waals surface area contributed by atoms with E-state index >= 15 is 0 Å². The number of halogens is 3. The summed E-state index contributed by atoms with van der Waals surface area (Å²) in [4.78, 5) is 12.0. The van der Waals surface area contributed by atoms with Gasteiger partial charge in [-0.3, -0.25) is 4.79 Å². The molecular weight excluding hydrogens is 255 g/mol. The fourth-order valence-electron chi connectivity index (χ4n) is 1.68.